The quantitative estimate of drug-likeness (QED) is 0.730. The van der Waals surface area contributed by atoms with Crippen LogP contribution in [0.5, 0.6) is 17.2 Å². The van der Waals surface area contributed by atoms with Gasteiger partial charge in [0.1, 0.15) is 12.5 Å². The number of nitrogens with zero attached hydrogens (tertiary/aromatic N) is 2. The first-order valence-electron chi connectivity index (χ1n) is 8.59. The normalized spacial score (nSPS) is 14.9. The lowest BCUT2D eigenvalue weighted by molar-refractivity contribution is 0.119. The van der Waals surface area contributed by atoms with Crippen LogP contribution in [0.1, 0.15) is 0 Å². The first-order valence-corrected chi connectivity index (χ1v) is 9.34. The van der Waals surface area contributed by atoms with E-state index >= 15 is 0 Å². The van der Waals surface area contributed by atoms with E-state index < -0.39 is 0 Å². The summed E-state index contributed by atoms with van der Waals surface area (Å²) in [5.41, 5.74) is 7.45. The molecule has 2 aromatic rings. The fourth-order valence-corrected chi connectivity index (χ4v) is 3.49. The predicted octanol–water partition coefficient (Wildman–Crippen LogP) is 3.75. The molecule has 1 aliphatic heterocycles. The van der Waals surface area contributed by atoms with Crippen molar-refractivity contribution in [3.63, 3.8) is 0 Å². The van der Waals surface area contributed by atoms with E-state index in [2.05, 4.69) is 9.80 Å². The van der Waals surface area contributed by atoms with E-state index in [4.69, 9.17) is 43.1 Å². The number of methoxy groups -OCH3 is 2. The first kappa shape index (κ1) is 19.7. The number of hydrogen-bond acceptors (Lipinski definition) is 6. The van der Waals surface area contributed by atoms with E-state index in [1.165, 1.54) is 0 Å². The summed E-state index contributed by atoms with van der Waals surface area (Å²) in [7, 11) is 3.13. The predicted molar refractivity (Wildman–Crippen MR) is 110 cm³/mol. The molecule has 0 aliphatic carbocycles. The molecule has 146 valence electrons. The number of piperazine rings is 1. The molecule has 2 aromatic carbocycles. The van der Waals surface area contributed by atoms with Gasteiger partial charge in [-0.15, -0.1) is 0 Å². The Bertz CT molecular complexity index is 796. The molecule has 0 unspecified atom stereocenters. The number of ether oxygens (including phenoxy) is 3. The van der Waals surface area contributed by atoms with Gasteiger partial charge >= 0.3 is 0 Å². The molecule has 3 rings (SSSR count). The molecule has 0 saturated carbocycles. The molecular weight excluding hydrogens is 389 g/mol. The van der Waals surface area contributed by atoms with E-state index in [1.54, 1.807) is 32.4 Å². The summed E-state index contributed by atoms with van der Waals surface area (Å²) in [5.74, 6) is 1.70. The lowest BCUT2D eigenvalue weighted by atomic mass is 10.2. The molecule has 0 aromatic heterocycles. The third kappa shape index (κ3) is 4.46. The molecular formula is C19H23Cl2N3O3. The zero-order chi connectivity index (χ0) is 19.4. The smallest absolute Gasteiger partial charge is 0.184 e. The van der Waals surface area contributed by atoms with Gasteiger partial charge < -0.3 is 24.8 Å². The summed E-state index contributed by atoms with van der Waals surface area (Å²) in [6.07, 6.45) is 0. The number of anilines is 2. The van der Waals surface area contributed by atoms with Crippen LogP contribution in [0.3, 0.4) is 0 Å². The molecule has 0 amide bonds. The fourth-order valence-electron chi connectivity index (χ4n) is 3.07. The zero-order valence-corrected chi connectivity index (χ0v) is 16.9. The first-order chi connectivity index (χ1) is 13.0. The lowest BCUT2D eigenvalue weighted by Gasteiger charge is -2.36. The summed E-state index contributed by atoms with van der Waals surface area (Å²) in [5, 5.41) is 1.18. The highest BCUT2D eigenvalue weighted by Crippen LogP contribution is 2.37. The minimum Gasteiger partial charge on any atom is -0.493 e. The average molecular weight is 412 g/mol. The standard InChI is InChI=1S/C19H23Cl2N3O3/c1-25-17-11-13(10-15(22)19(17)26-2)27-12-23-6-8-24(9-7-23)16-5-3-4-14(20)18(16)21/h3-5,10-11H,6-9,12,22H2,1-2H3. The Hall–Kier alpha value is -2.02. The monoisotopic (exact) mass is 411 g/mol. The van der Waals surface area contributed by atoms with Crippen LogP contribution in [0.4, 0.5) is 11.4 Å². The van der Waals surface area contributed by atoms with Crippen molar-refractivity contribution in [1.29, 1.82) is 0 Å². The van der Waals surface area contributed by atoms with Gasteiger partial charge in [0, 0.05) is 38.3 Å². The second-order valence-electron chi connectivity index (χ2n) is 6.20. The van der Waals surface area contributed by atoms with Gasteiger partial charge in [0.2, 0.25) is 0 Å². The highest BCUT2D eigenvalue weighted by Gasteiger charge is 2.20. The van der Waals surface area contributed by atoms with Crippen LogP contribution >= 0.6 is 23.2 Å². The van der Waals surface area contributed by atoms with Crippen LogP contribution in [0.2, 0.25) is 10.0 Å². The molecule has 1 heterocycles. The molecule has 6 nitrogen and oxygen atoms in total. The maximum atomic E-state index is 6.33. The van der Waals surface area contributed by atoms with Gasteiger partial charge in [-0.3, -0.25) is 4.90 Å². The topological polar surface area (TPSA) is 60.2 Å². The third-order valence-corrected chi connectivity index (χ3v) is 5.35. The Balaban J connectivity index is 1.57. The molecule has 27 heavy (non-hydrogen) atoms. The van der Waals surface area contributed by atoms with Crippen LogP contribution in [-0.4, -0.2) is 52.0 Å². The van der Waals surface area contributed by atoms with Crippen molar-refractivity contribution >= 4 is 34.6 Å². The number of nitrogen functional groups attached to an aromatic ring is 1. The van der Waals surface area contributed by atoms with Crippen LogP contribution in [0.15, 0.2) is 30.3 Å². The highest BCUT2D eigenvalue weighted by atomic mass is 35.5. The van der Waals surface area contributed by atoms with Crippen LogP contribution in [-0.2, 0) is 0 Å². The second kappa shape index (κ2) is 8.78. The number of benzene rings is 2. The summed E-state index contributed by atoms with van der Waals surface area (Å²) in [4.78, 5) is 4.46. The highest BCUT2D eigenvalue weighted by molar-refractivity contribution is 6.43. The minimum absolute atomic E-state index is 0.464. The van der Waals surface area contributed by atoms with Gasteiger partial charge in [-0.2, -0.15) is 0 Å². The van der Waals surface area contributed by atoms with Crippen LogP contribution in [0, 0.1) is 0 Å². The third-order valence-electron chi connectivity index (χ3n) is 4.54. The number of rotatable bonds is 6. The SMILES string of the molecule is COc1cc(OCN2CCN(c3cccc(Cl)c3Cl)CC2)cc(N)c1OC. The van der Waals surface area contributed by atoms with E-state index in [0.717, 1.165) is 31.9 Å². The molecule has 2 N–H and O–H groups in total. The molecule has 0 atom stereocenters. The van der Waals surface area contributed by atoms with Crippen molar-refractivity contribution < 1.29 is 14.2 Å². The van der Waals surface area contributed by atoms with Gasteiger partial charge in [-0.25, -0.2) is 0 Å². The van der Waals surface area contributed by atoms with Crippen molar-refractivity contribution in [2.45, 2.75) is 0 Å². The summed E-state index contributed by atoms with van der Waals surface area (Å²) >= 11 is 12.4. The molecule has 1 saturated heterocycles. The van der Waals surface area contributed by atoms with Crippen molar-refractivity contribution in [2.24, 2.45) is 0 Å². The van der Waals surface area contributed by atoms with Gasteiger partial charge in [0.25, 0.3) is 0 Å². The van der Waals surface area contributed by atoms with Crippen LogP contribution in [0.25, 0.3) is 0 Å². The average Bonchev–Trinajstić information content (AvgIpc) is 2.68. The number of halogens is 2. The fraction of sp³-hybridized carbons (Fsp3) is 0.368. The van der Waals surface area contributed by atoms with Gasteiger partial charge in [0.15, 0.2) is 11.5 Å². The zero-order valence-electron chi connectivity index (χ0n) is 15.4. The second-order valence-corrected chi connectivity index (χ2v) is 6.98. The minimum atomic E-state index is 0.464. The molecule has 8 heteroatoms. The maximum absolute atomic E-state index is 6.33. The van der Waals surface area contributed by atoms with E-state index in [1.807, 2.05) is 12.1 Å². The van der Waals surface area contributed by atoms with E-state index in [-0.39, 0.29) is 0 Å². The van der Waals surface area contributed by atoms with Crippen molar-refractivity contribution in [1.82, 2.24) is 4.90 Å². The van der Waals surface area contributed by atoms with Crippen molar-refractivity contribution in [3.05, 3.63) is 40.4 Å². The summed E-state index contributed by atoms with van der Waals surface area (Å²) < 4.78 is 16.4. The number of nitrogens with two attached hydrogens (primary N) is 1. The summed E-state index contributed by atoms with van der Waals surface area (Å²) in [6, 6.07) is 9.22. The Morgan fingerprint density at radius 3 is 2.44 bits per heavy atom. The van der Waals surface area contributed by atoms with Crippen molar-refractivity contribution in [2.75, 3.05) is 57.8 Å². The van der Waals surface area contributed by atoms with Gasteiger partial charge in [0.05, 0.1) is 35.6 Å². The van der Waals surface area contributed by atoms with Gasteiger partial charge in [-0.1, -0.05) is 29.3 Å². The Morgan fingerprint density at radius 2 is 1.78 bits per heavy atom. The maximum Gasteiger partial charge on any atom is 0.184 e. The lowest BCUT2D eigenvalue weighted by Crippen LogP contribution is -2.47. The molecule has 0 bridgehead atoms. The van der Waals surface area contributed by atoms with Gasteiger partial charge in [-0.05, 0) is 12.1 Å². The van der Waals surface area contributed by atoms with Crippen molar-refractivity contribution in [3.8, 4) is 17.2 Å². The Kier molecular flexibility index (Phi) is 6.42. The van der Waals surface area contributed by atoms with E-state index in [9.17, 15) is 0 Å². The Labute approximate surface area is 169 Å². The Morgan fingerprint density at radius 1 is 1.04 bits per heavy atom. The molecule has 1 aliphatic rings. The summed E-state index contributed by atoms with van der Waals surface area (Å²) in [6.45, 7) is 3.86. The van der Waals surface area contributed by atoms with Crippen LogP contribution < -0.4 is 24.8 Å². The number of hydrogen-bond donors (Lipinski definition) is 1. The largest absolute Gasteiger partial charge is 0.493 e. The molecule has 1 fully saturated rings. The molecule has 0 radical (unpaired) electrons. The molecule has 0 spiro atoms. The van der Waals surface area contributed by atoms with E-state index in [0.29, 0.717) is 39.7 Å².